The lowest BCUT2D eigenvalue weighted by atomic mass is 10.2. The van der Waals surface area contributed by atoms with Crippen LogP contribution in [-0.4, -0.2) is 27.2 Å². The molecular formula is C12H12FN3O2. The fourth-order valence-corrected chi connectivity index (χ4v) is 1.53. The summed E-state index contributed by atoms with van der Waals surface area (Å²) in [6.45, 7) is 1.18. The second-order valence-corrected chi connectivity index (χ2v) is 3.73. The normalized spacial score (nSPS) is 10.3. The molecule has 5 nitrogen and oxygen atoms in total. The third-order valence-electron chi connectivity index (χ3n) is 2.46. The molecule has 0 aliphatic rings. The van der Waals surface area contributed by atoms with Crippen molar-refractivity contribution in [1.29, 1.82) is 0 Å². The number of carboxylic acid groups (broad SMARTS) is 1. The standard InChI is InChI=1S/C12H12FN3O2/c13-10-7-9(12(17)18)1-2-11(10)15-4-6-16-5-3-14-8-16/h1-3,5,7-8,15H,4,6H2,(H,17,18). The summed E-state index contributed by atoms with van der Waals surface area (Å²) < 4.78 is 15.4. The molecule has 2 aromatic rings. The number of imidazole rings is 1. The van der Waals surface area contributed by atoms with E-state index < -0.39 is 11.8 Å². The number of nitrogens with one attached hydrogen (secondary N) is 1. The van der Waals surface area contributed by atoms with Gasteiger partial charge in [0, 0.05) is 25.5 Å². The largest absolute Gasteiger partial charge is 0.478 e. The van der Waals surface area contributed by atoms with E-state index in [1.807, 2.05) is 10.8 Å². The van der Waals surface area contributed by atoms with E-state index in [0.29, 0.717) is 18.8 Å². The van der Waals surface area contributed by atoms with Crippen molar-refractivity contribution < 1.29 is 14.3 Å². The van der Waals surface area contributed by atoms with Gasteiger partial charge in [0.1, 0.15) is 5.82 Å². The maximum atomic E-state index is 13.5. The first kappa shape index (κ1) is 12.1. The van der Waals surface area contributed by atoms with Crippen LogP contribution < -0.4 is 5.32 Å². The fraction of sp³-hybridized carbons (Fsp3) is 0.167. The van der Waals surface area contributed by atoms with E-state index in [4.69, 9.17) is 5.11 Å². The summed E-state index contributed by atoms with van der Waals surface area (Å²) >= 11 is 0. The zero-order valence-corrected chi connectivity index (χ0v) is 9.51. The van der Waals surface area contributed by atoms with Gasteiger partial charge in [-0.1, -0.05) is 0 Å². The van der Waals surface area contributed by atoms with Gasteiger partial charge in [0.25, 0.3) is 0 Å². The number of halogens is 1. The van der Waals surface area contributed by atoms with Crippen LogP contribution in [0.15, 0.2) is 36.9 Å². The lowest BCUT2D eigenvalue weighted by molar-refractivity contribution is 0.0696. The Morgan fingerprint density at radius 1 is 1.50 bits per heavy atom. The predicted molar refractivity (Wildman–Crippen MR) is 64.1 cm³/mol. The highest BCUT2D eigenvalue weighted by molar-refractivity contribution is 5.88. The Morgan fingerprint density at radius 3 is 2.94 bits per heavy atom. The van der Waals surface area contributed by atoms with Crippen molar-refractivity contribution in [3.63, 3.8) is 0 Å². The number of nitrogens with zero attached hydrogens (tertiary/aromatic N) is 2. The topological polar surface area (TPSA) is 67.2 Å². The predicted octanol–water partition coefficient (Wildman–Crippen LogP) is 1.83. The van der Waals surface area contributed by atoms with Gasteiger partial charge in [0.05, 0.1) is 17.6 Å². The highest BCUT2D eigenvalue weighted by Gasteiger charge is 2.07. The van der Waals surface area contributed by atoms with Crippen molar-refractivity contribution in [3.8, 4) is 0 Å². The molecule has 1 heterocycles. The Hall–Kier alpha value is -2.37. The van der Waals surface area contributed by atoms with E-state index in [1.54, 1.807) is 12.5 Å². The van der Waals surface area contributed by atoms with Crippen molar-refractivity contribution in [2.45, 2.75) is 6.54 Å². The van der Waals surface area contributed by atoms with Gasteiger partial charge >= 0.3 is 5.97 Å². The highest BCUT2D eigenvalue weighted by atomic mass is 19.1. The number of benzene rings is 1. The second kappa shape index (κ2) is 5.31. The van der Waals surface area contributed by atoms with Gasteiger partial charge in [-0.15, -0.1) is 0 Å². The number of rotatable bonds is 5. The summed E-state index contributed by atoms with van der Waals surface area (Å²) in [5, 5.41) is 11.6. The molecule has 94 valence electrons. The number of anilines is 1. The molecule has 0 amide bonds. The number of aromatic carboxylic acids is 1. The first-order valence-electron chi connectivity index (χ1n) is 5.39. The molecule has 1 aromatic carbocycles. The van der Waals surface area contributed by atoms with Gasteiger partial charge in [0.2, 0.25) is 0 Å². The van der Waals surface area contributed by atoms with Crippen LogP contribution in [0, 0.1) is 5.82 Å². The first-order valence-corrected chi connectivity index (χ1v) is 5.39. The van der Waals surface area contributed by atoms with Gasteiger partial charge in [-0.3, -0.25) is 0 Å². The van der Waals surface area contributed by atoms with Crippen LogP contribution in [0.4, 0.5) is 10.1 Å². The average Bonchev–Trinajstić information content (AvgIpc) is 2.84. The molecule has 0 atom stereocenters. The minimum absolute atomic E-state index is 0.0624. The van der Waals surface area contributed by atoms with Crippen LogP contribution in [-0.2, 0) is 6.54 Å². The summed E-state index contributed by atoms with van der Waals surface area (Å²) in [5.41, 5.74) is 0.229. The number of carbonyl (C=O) groups is 1. The van der Waals surface area contributed by atoms with E-state index in [-0.39, 0.29) is 5.56 Å². The van der Waals surface area contributed by atoms with Crippen molar-refractivity contribution >= 4 is 11.7 Å². The molecule has 2 N–H and O–H groups in total. The Morgan fingerprint density at radius 2 is 2.33 bits per heavy atom. The minimum atomic E-state index is -1.14. The molecule has 2 rings (SSSR count). The Bertz CT molecular complexity index is 540. The molecule has 0 radical (unpaired) electrons. The van der Waals surface area contributed by atoms with Gasteiger partial charge in [-0.2, -0.15) is 0 Å². The zero-order chi connectivity index (χ0) is 13.0. The van der Waals surface area contributed by atoms with Gasteiger partial charge in [-0.05, 0) is 18.2 Å². The van der Waals surface area contributed by atoms with Crippen molar-refractivity contribution in [2.75, 3.05) is 11.9 Å². The van der Waals surface area contributed by atoms with Crippen LogP contribution in [0.3, 0.4) is 0 Å². The van der Waals surface area contributed by atoms with Gasteiger partial charge in [-0.25, -0.2) is 14.2 Å². The Labute approximate surface area is 103 Å². The first-order chi connectivity index (χ1) is 8.66. The second-order valence-electron chi connectivity index (χ2n) is 3.73. The molecule has 1 aromatic heterocycles. The molecule has 0 unspecified atom stereocenters. The van der Waals surface area contributed by atoms with E-state index in [9.17, 15) is 9.18 Å². The number of hydrogen-bond donors (Lipinski definition) is 2. The number of aromatic nitrogens is 2. The summed E-state index contributed by atoms with van der Waals surface area (Å²) in [6, 6.07) is 3.79. The van der Waals surface area contributed by atoms with E-state index in [0.717, 1.165) is 6.07 Å². The van der Waals surface area contributed by atoms with Gasteiger partial charge in [0.15, 0.2) is 0 Å². The van der Waals surface area contributed by atoms with Crippen LogP contribution in [0.25, 0.3) is 0 Å². The molecule has 0 saturated carbocycles. The SMILES string of the molecule is O=C(O)c1ccc(NCCn2ccnc2)c(F)c1. The van der Waals surface area contributed by atoms with E-state index in [1.165, 1.54) is 12.1 Å². The maximum absolute atomic E-state index is 13.5. The third-order valence-corrected chi connectivity index (χ3v) is 2.46. The van der Waals surface area contributed by atoms with Crippen LogP contribution in [0.5, 0.6) is 0 Å². The van der Waals surface area contributed by atoms with Crippen LogP contribution in [0.2, 0.25) is 0 Å². The highest BCUT2D eigenvalue weighted by Crippen LogP contribution is 2.15. The number of hydrogen-bond acceptors (Lipinski definition) is 3. The quantitative estimate of drug-likeness (QED) is 0.848. The monoisotopic (exact) mass is 249 g/mol. The summed E-state index contributed by atoms with van der Waals surface area (Å²) in [5.74, 6) is -1.71. The zero-order valence-electron chi connectivity index (χ0n) is 9.51. The smallest absolute Gasteiger partial charge is 0.335 e. The average molecular weight is 249 g/mol. The minimum Gasteiger partial charge on any atom is -0.478 e. The third kappa shape index (κ3) is 2.85. The van der Waals surface area contributed by atoms with Crippen LogP contribution >= 0.6 is 0 Å². The maximum Gasteiger partial charge on any atom is 0.335 e. The Kier molecular flexibility index (Phi) is 3.57. The lowest BCUT2D eigenvalue weighted by Crippen LogP contribution is -2.10. The molecule has 0 bridgehead atoms. The summed E-state index contributed by atoms with van der Waals surface area (Å²) in [4.78, 5) is 14.5. The molecule has 0 spiro atoms. The van der Waals surface area contributed by atoms with Crippen molar-refractivity contribution in [2.24, 2.45) is 0 Å². The van der Waals surface area contributed by atoms with E-state index >= 15 is 0 Å². The molecule has 0 aliphatic carbocycles. The van der Waals surface area contributed by atoms with Crippen LogP contribution in [0.1, 0.15) is 10.4 Å². The fourth-order valence-electron chi connectivity index (χ4n) is 1.53. The lowest BCUT2D eigenvalue weighted by Gasteiger charge is -2.08. The molecule has 0 fully saturated rings. The molecular weight excluding hydrogens is 237 g/mol. The summed E-state index contributed by atoms with van der Waals surface area (Å²) in [7, 11) is 0. The molecule has 0 saturated heterocycles. The summed E-state index contributed by atoms with van der Waals surface area (Å²) in [6.07, 6.45) is 5.15. The van der Waals surface area contributed by atoms with Crippen molar-refractivity contribution in [1.82, 2.24) is 9.55 Å². The van der Waals surface area contributed by atoms with Crippen molar-refractivity contribution in [3.05, 3.63) is 48.3 Å². The molecule has 6 heteroatoms. The van der Waals surface area contributed by atoms with E-state index in [2.05, 4.69) is 10.3 Å². The Balaban J connectivity index is 1.95. The molecule has 18 heavy (non-hydrogen) atoms. The molecule has 0 aliphatic heterocycles. The van der Waals surface area contributed by atoms with Gasteiger partial charge < -0.3 is 15.0 Å². The number of carboxylic acids is 1.